The van der Waals surface area contributed by atoms with Crippen LogP contribution in [0.15, 0.2) is 30.3 Å². The Balaban J connectivity index is 1.88. The van der Waals surface area contributed by atoms with Crippen LogP contribution in [0.5, 0.6) is 0 Å². The molecule has 1 aromatic carbocycles. The molecule has 2 aliphatic rings. The van der Waals surface area contributed by atoms with Gasteiger partial charge in [-0.3, -0.25) is 0 Å². The molecule has 0 bridgehead atoms. The third-order valence-electron chi connectivity index (χ3n) is 5.71. The second-order valence-corrected chi connectivity index (χ2v) is 7.58. The first-order valence-electron chi connectivity index (χ1n) is 9.53. The van der Waals surface area contributed by atoms with Crippen LogP contribution in [-0.2, 0) is 25.6 Å². The van der Waals surface area contributed by atoms with Gasteiger partial charge in [0.2, 0.25) is 5.79 Å². The number of carbonyl (C=O) groups is 1. The van der Waals surface area contributed by atoms with Crippen LogP contribution in [0.4, 0.5) is 0 Å². The minimum atomic E-state index is -3.19. The Bertz CT molecular complexity index is 762. The van der Waals surface area contributed by atoms with E-state index in [4.69, 9.17) is 14.2 Å². The average Bonchev–Trinajstić information content (AvgIpc) is 3.05. The summed E-state index contributed by atoms with van der Waals surface area (Å²) in [6.45, 7) is -2.33. The Morgan fingerprint density at radius 2 is 1.58 bits per heavy atom. The minimum Gasteiger partial charge on any atom is -0.459 e. The van der Waals surface area contributed by atoms with E-state index in [0.29, 0.717) is 5.56 Å². The highest BCUT2D eigenvalue weighted by Crippen LogP contribution is 2.45. The zero-order valence-electron chi connectivity index (χ0n) is 16.3. The molecule has 0 aliphatic carbocycles. The van der Waals surface area contributed by atoms with Gasteiger partial charge in [-0.05, 0) is 5.56 Å². The summed E-state index contributed by atoms with van der Waals surface area (Å²) in [6.07, 6.45) is -14.1. The first-order valence-corrected chi connectivity index (χ1v) is 9.53. The minimum absolute atomic E-state index is 0.237. The molecule has 0 radical (unpaired) electrons. The molecule has 174 valence electrons. The lowest BCUT2D eigenvalue weighted by Crippen LogP contribution is -2.77. The molecule has 0 saturated carbocycles. The van der Waals surface area contributed by atoms with Crippen molar-refractivity contribution < 1.29 is 59.9 Å². The molecule has 2 saturated heterocycles. The zero-order valence-corrected chi connectivity index (χ0v) is 16.3. The summed E-state index contributed by atoms with van der Waals surface area (Å²) < 4.78 is 15.5. The van der Waals surface area contributed by atoms with Crippen molar-refractivity contribution in [2.24, 2.45) is 0 Å². The number of rotatable bonds is 6. The number of hydrogen-bond donors (Lipinski definition) is 8. The van der Waals surface area contributed by atoms with E-state index in [1.807, 2.05) is 0 Å². The Labute approximate surface area is 176 Å². The van der Waals surface area contributed by atoms with Crippen LogP contribution in [0.3, 0.4) is 0 Å². The van der Waals surface area contributed by atoms with Crippen molar-refractivity contribution in [3.8, 4) is 0 Å². The van der Waals surface area contributed by atoms with Gasteiger partial charge in [0, 0.05) is 0 Å². The standard InChI is InChI=1S/C19H26O12/c20-6-10-11(22)15(25)18(8-21,30-10)19(28)16(26)13(24)12(23)14(31-19)17(27)29-7-9-4-2-1-3-5-9/h1-5,10-16,20-26,28H,6-8H2/t10-,11-,12+,13+,14+,15+,16-,18-,19-/m1/s1. The molecule has 1 aromatic rings. The summed E-state index contributed by atoms with van der Waals surface area (Å²) in [7, 11) is 0. The molecule has 2 heterocycles. The number of aliphatic hydroxyl groups excluding tert-OH is 7. The largest absolute Gasteiger partial charge is 0.459 e. The van der Waals surface area contributed by atoms with Gasteiger partial charge >= 0.3 is 5.97 Å². The van der Waals surface area contributed by atoms with E-state index in [1.165, 1.54) is 0 Å². The Morgan fingerprint density at radius 1 is 0.935 bits per heavy atom. The van der Waals surface area contributed by atoms with Crippen molar-refractivity contribution in [1.29, 1.82) is 0 Å². The predicted molar refractivity (Wildman–Crippen MR) is 97.9 cm³/mol. The average molecular weight is 446 g/mol. The van der Waals surface area contributed by atoms with E-state index >= 15 is 0 Å². The second-order valence-electron chi connectivity index (χ2n) is 7.58. The molecular weight excluding hydrogens is 420 g/mol. The first-order chi connectivity index (χ1) is 14.6. The molecule has 31 heavy (non-hydrogen) atoms. The van der Waals surface area contributed by atoms with E-state index in [0.717, 1.165) is 0 Å². The van der Waals surface area contributed by atoms with Gasteiger partial charge in [-0.25, -0.2) is 4.79 Å². The van der Waals surface area contributed by atoms with Gasteiger partial charge in [0.25, 0.3) is 0 Å². The maximum absolute atomic E-state index is 12.5. The van der Waals surface area contributed by atoms with Crippen molar-refractivity contribution in [3.63, 3.8) is 0 Å². The first kappa shape index (κ1) is 23.9. The maximum Gasteiger partial charge on any atom is 0.338 e. The van der Waals surface area contributed by atoms with Crippen molar-refractivity contribution in [2.45, 2.75) is 60.7 Å². The van der Waals surface area contributed by atoms with Crippen molar-refractivity contribution in [2.75, 3.05) is 13.2 Å². The summed E-state index contributed by atoms with van der Waals surface area (Å²) in [5, 5.41) is 81.7. The highest BCUT2D eigenvalue weighted by molar-refractivity contribution is 5.76. The Morgan fingerprint density at radius 3 is 2.13 bits per heavy atom. The zero-order chi connectivity index (χ0) is 23.0. The molecule has 12 nitrogen and oxygen atoms in total. The van der Waals surface area contributed by atoms with E-state index in [1.54, 1.807) is 30.3 Å². The van der Waals surface area contributed by atoms with Crippen molar-refractivity contribution in [1.82, 2.24) is 0 Å². The quantitative estimate of drug-likeness (QED) is 0.196. The summed E-state index contributed by atoms with van der Waals surface area (Å²) in [5.74, 6) is -4.42. The van der Waals surface area contributed by atoms with Crippen molar-refractivity contribution in [3.05, 3.63) is 35.9 Å². The molecule has 9 atom stereocenters. The molecule has 0 unspecified atom stereocenters. The van der Waals surface area contributed by atoms with Crippen LogP contribution in [0, 0.1) is 0 Å². The van der Waals surface area contributed by atoms with Gasteiger partial charge in [0.05, 0.1) is 13.2 Å². The molecule has 2 fully saturated rings. The lowest BCUT2D eigenvalue weighted by Gasteiger charge is -2.52. The van der Waals surface area contributed by atoms with Gasteiger partial charge in [-0.15, -0.1) is 0 Å². The van der Waals surface area contributed by atoms with Crippen LogP contribution < -0.4 is 0 Å². The van der Waals surface area contributed by atoms with Crippen LogP contribution in [-0.4, -0.2) is 114 Å². The lowest BCUT2D eigenvalue weighted by atomic mass is 9.78. The third kappa shape index (κ3) is 3.85. The molecule has 2 aliphatic heterocycles. The Hall–Kier alpha value is -1.71. The van der Waals surface area contributed by atoms with Gasteiger partial charge in [0.15, 0.2) is 11.7 Å². The number of benzene rings is 1. The molecule has 0 amide bonds. The highest BCUT2D eigenvalue weighted by Gasteiger charge is 2.72. The molecular formula is C19H26O12. The summed E-state index contributed by atoms with van der Waals surface area (Å²) in [6, 6.07) is 8.44. The van der Waals surface area contributed by atoms with Gasteiger partial charge in [-0.2, -0.15) is 0 Å². The molecule has 3 rings (SSSR count). The monoisotopic (exact) mass is 446 g/mol. The molecule has 0 aromatic heterocycles. The van der Waals surface area contributed by atoms with Gasteiger partial charge < -0.3 is 55.1 Å². The lowest BCUT2D eigenvalue weighted by molar-refractivity contribution is -0.409. The highest BCUT2D eigenvalue weighted by atomic mass is 16.7. The van der Waals surface area contributed by atoms with Crippen LogP contribution in [0.25, 0.3) is 0 Å². The Kier molecular flexibility index (Phi) is 6.98. The van der Waals surface area contributed by atoms with Crippen LogP contribution >= 0.6 is 0 Å². The van der Waals surface area contributed by atoms with E-state index in [9.17, 15) is 45.6 Å². The third-order valence-corrected chi connectivity index (χ3v) is 5.71. The second kappa shape index (κ2) is 9.03. The van der Waals surface area contributed by atoms with Crippen LogP contribution in [0.1, 0.15) is 5.56 Å². The van der Waals surface area contributed by atoms with Crippen LogP contribution in [0.2, 0.25) is 0 Å². The van der Waals surface area contributed by atoms with Crippen molar-refractivity contribution >= 4 is 5.97 Å². The number of esters is 1. The smallest absolute Gasteiger partial charge is 0.338 e. The number of hydrogen-bond acceptors (Lipinski definition) is 12. The predicted octanol–water partition coefficient (Wildman–Crippen LogP) is -4.26. The fourth-order valence-corrected chi connectivity index (χ4v) is 3.85. The molecule has 12 heteroatoms. The number of aliphatic hydroxyl groups is 8. The number of carbonyl (C=O) groups excluding carboxylic acids is 1. The summed E-state index contributed by atoms with van der Waals surface area (Å²) in [4.78, 5) is 12.5. The fourth-order valence-electron chi connectivity index (χ4n) is 3.85. The fraction of sp³-hybridized carbons (Fsp3) is 0.632. The SMILES string of the molecule is O=C(OCc1ccccc1)[C@H]1O[C@@](O)([C@]2(CO)O[C@H](CO)[C@@H](O)[C@@H]2O)[C@H](O)[C@@H](O)[C@@H]1O. The number of ether oxygens (including phenoxy) is 3. The van der Waals surface area contributed by atoms with Gasteiger partial charge in [-0.1, -0.05) is 30.3 Å². The maximum atomic E-state index is 12.5. The normalized spacial score (nSPS) is 43.0. The van der Waals surface area contributed by atoms with E-state index < -0.39 is 73.3 Å². The van der Waals surface area contributed by atoms with E-state index in [-0.39, 0.29) is 6.61 Å². The van der Waals surface area contributed by atoms with Gasteiger partial charge in [0.1, 0.15) is 43.2 Å². The summed E-state index contributed by atoms with van der Waals surface area (Å²) >= 11 is 0. The molecule has 0 spiro atoms. The summed E-state index contributed by atoms with van der Waals surface area (Å²) in [5.41, 5.74) is -2.09. The topological polar surface area (TPSA) is 207 Å². The molecule has 8 N–H and O–H groups in total. The van der Waals surface area contributed by atoms with E-state index in [2.05, 4.69) is 0 Å².